The Labute approximate surface area is 114 Å². The summed E-state index contributed by atoms with van der Waals surface area (Å²) in [6.45, 7) is 0.133. The summed E-state index contributed by atoms with van der Waals surface area (Å²) in [5.41, 5.74) is -0.846. The molecule has 0 spiro atoms. The monoisotopic (exact) mass is 292 g/mol. The van der Waals surface area contributed by atoms with Gasteiger partial charge in [-0.2, -0.15) is 13.2 Å². The fourth-order valence-corrected chi connectivity index (χ4v) is 3.02. The van der Waals surface area contributed by atoms with Gasteiger partial charge in [0.2, 0.25) is 0 Å². The molecule has 1 aliphatic rings. The molecule has 1 atom stereocenters. The van der Waals surface area contributed by atoms with Crippen LogP contribution in [0.4, 0.5) is 13.2 Å². The van der Waals surface area contributed by atoms with Crippen LogP contribution in [-0.4, -0.2) is 23.6 Å². The second-order valence-corrected chi connectivity index (χ2v) is 5.51. The number of aliphatic hydroxyl groups is 1. The zero-order chi connectivity index (χ0) is 13.9. The number of rotatable bonds is 4. The van der Waals surface area contributed by atoms with Crippen molar-refractivity contribution in [3.8, 4) is 0 Å². The maximum Gasteiger partial charge on any atom is 0.416 e. The van der Waals surface area contributed by atoms with Crippen LogP contribution in [0.5, 0.6) is 0 Å². The average Bonchev–Trinajstić information content (AvgIpc) is 2.88. The number of hydrogen-bond acceptors (Lipinski definition) is 3. The summed E-state index contributed by atoms with van der Waals surface area (Å²) < 4.78 is 43.9. The van der Waals surface area contributed by atoms with Gasteiger partial charge in [0.15, 0.2) is 0 Å². The van der Waals surface area contributed by atoms with E-state index in [1.807, 2.05) is 0 Å². The summed E-state index contributed by atoms with van der Waals surface area (Å²) in [6.07, 6.45) is -2.31. The minimum atomic E-state index is -4.43. The van der Waals surface area contributed by atoms with Crippen LogP contribution in [0.25, 0.3) is 0 Å². The van der Waals surface area contributed by atoms with E-state index in [4.69, 9.17) is 9.84 Å². The molecular formula is C13H15F3O2S. The van der Waals surface area contributed by atoms with E-state index in [0.29, 0.717) is 10.6 Å². The van der Waals surface area contributed by atoms with Crippen LogP contribution in [0.1, 0.15) is 24.0 Å². The third kappa shape index (κ3) is 3.87. The molecule has 1 heterocycles. The number of benzene rings is 1. The number of halogens is 3. The number of alkyl halides is 3. The highest BCUT2D eigenvalue weighted by Gasteiger charge is 2.33. The molecular weight excluding hydrogens is 277 g/mol. The minimum absolute atomic E-state index is 0.0889. The number of ether oxygens (including phenoxy) is 1. The van der Waals surface area contributed by atoms with Gasteiger partial charge in [-0.05, 0) is 30.5 Å². The Morgan fingerprint density at radius 1 is 1.37 bits per heavy atom. The van der Waals surface area contributed by atoms with Gasteiger partial charge in [0, 0.05) is 17.3 Å². The molecule has 1 N–H and O–H groups in total. The van der Waals surface area contributed by atoms with E-state index in [0.717, 1.165) is 25.5 Å². The predicted molar refractivity (Wildman–Crippen MR) is 67.1 cm³/mol. The zero-order valence-electron chi connectivity index (χ0n) is 10.2. The second kappa shape index (κ2) is 6.15. The van der Waals surface area contributed by atoms with Gasteiger partial charge in [0.25, 0.3) is 0 Å². The van der Waals surface area contributed by atoms with E-state index >= 15 is 0 Å². The Hall–Kier alpha value is -0.720. The number of hydrogen-bond donors (Lipinski definition) is 1. The molecule has 1 saturated heterocycles. The van der Waals surface area contributed by atoms with Crippen LogP contribution >= 0.6 is 11.8 Å². The first-order valence-corrected chi connectivity index (χ1v) is 7.04. The van der Waals surface area contributed by atoms with Gasteiger partial charge >= 0.3 is 6.18 Å². The molecule has 1 aromatic rings. The lowest BCUT2D eigenvalue weighted by Crippen LogP contribution is -2.10. The topological polar surface area (TPSA) is 29.5 Å². The zero-order valence-corrected chi connectivity index (χ0v) is 11.1. The van der Waals surface area contributed by atoms with Gasteiger partial charge in [-0.15, -0.1) is 11.8 Å². The van der Waals surface area contributed by atoms with Crippen molar-refractivity contribution in [1.82, 2.24) is 0 Å². The molecule has 1 aliphatic heterocycles. The SMILES string of the molecule is OCc1ccc(SCC2CCCO2)cc1C(F)(F)F. The predicted octanol–water partition coefficient (Wildman–Crippen LogP) is 3.47. The maximum absolute atomic E-state index is 12.8. The summed E-state index contributed by atoms with van der Waals surface area (Å²) >= 11 is 1.36. The molecule has 0 aromatic heterocycles. The summed E-state index contributed by atoms with van der Waals surface area (Å²) in [4.78, 5) is 0.556. The van der Waals surface area contributed by atoms with Crippen LogP contribution in [0.2, 0.25) is 0 Å². The van der Waals surface area contributed by atoms with Crippen molar-refractivity contribution < 1.29 is 23.0 Å². The van der Waals surface area contributed by atoms with E-state index in [2.05, 4.69) is 0 Å². The molecule has 1 fully saturated rings. The fraction of sp³-hybridized carbons (Fsp3) is 0.538. The maximum atomic E-state index is 12.8. The van der Waals surface area contributed by atoms with Crippen LogP contribution in [-0.2, 0) is 17.5 Å². The van der Waals surface area contributed by atoms with Crippen molar-refractivity contribution in [3.63, 3.8) is 0 Å². The third-order valence-electron chi connectivity index (χ3n) is 3.02. The Kier molecular flexibility index (Phi) is 4.76. The number of aliphatic hydroxyl groups excluding tert-OH is 1. The van der Waals surface area contributed by atoms with Crippen molar-refractivity contribution in [1.29, 1.82) is 0 Å². The van der Waals surface area contributed by atoms with Crippen LogP contribution in [0.15, 0.2) is 23.1 Å². The largest absolute Gasteiger partial charge is 0.416 e. The second-order valence-electron chi connectivity index (χ2n) is 4.42. The van der Waals surface area contributed by atoms with Gasteiger partial charge in [-0.3, -0.25) is 0 Å². The molecule has 2 nitrogen and oxygen atoms in total. The molecule has 0 saturated carbocycles. The van der Waals surface area contributed by atoms with E-state index in [1.54, 1.807) is 6.07 Å². The smallest absolute Gasteiger partial charge is 0.392 e. The molecule has 1 unspecified atom stereocenters. The van der Waals surface area contributed by atoms with Crippen LogP contribution in [0, 0.1) is 0 Å². The molecule has 0 amide bonds. The Balaban J connectivity index is 2.08. The highest BCUT2D eigenvalue weighted by molar-refractivity contribution is 7.99. The first-order valence-electron chi connectivity index (χ1n) is 6.06. The lowest BCUT2D eigenvalue weighted by molar-refractivity contribution is -0.138. The summed E-state index contributed by atoms with van der Waals surface area (Å²) in [6, 6.07) is 4.05. The van der Waals surface area contributed by atoms with Crippen molar-refractivity contribution in [3.05, 3.63) is 29.3 Å². The Bertz CT molecular complexity index is 428. The summed E-state index contributed by atoms with van der Waals surface area (Å²) in [5, 5.41) is 8.95. The lowest BCUT2D eigenvalue weighted by Gasteiger charge is -2.14. The number of thioether (sulfide) groups is 1. The molecule has 0 aliphatic carbocycles. The highest BCUT2D eigenvalue weighted by Crippen LogP contribution is 2.35. The van der Waals surface area contributed by atoms with E-state index < -0.39 is 18.3 Å². The third-order valence-corrected chi connectivity index (χ3v) is 4.14. The summed E-state index contributed by atoms with van der Waals surface area (Å²) in [5.74, 6) is 0.662. The van der Waals surface area contributed by atoms with Gasteiger partial charge in [0.1, 0.15) is 0 Å². The quantitative estimate of drug-likeness (QED) is 0.862. The first kappa shape index (κ1) is 14.7. The summed E-state index contributed by atoms with van der Waals surface area (Å²) in [7, 11) is 0. The standard InChI is InChI=1S/C13H15F3O2S/c14-13(15,16)12-6-11(4-3-9(12)7-17)19-8-10-2-1-5-18-10/h3-4,6,10,17H,1-2,5,7-8H2. The van der Waals surface area contributed by atoms with Crippen molar-refractivity contribution in [2.75, 3.05) is 12.4 Å². The molecule has 19 heavy (non-hydrogen) atoms. The van der Waals surface area contributed by atoms with Crippen molar-refractivity contribution in [2.45, 2.75) is 36.6 Å². The average molecular weight is 292 g/mol. The van der Waals surface area contributed by atoms with E-state index in [-0.39, 0.29) is 11.7 Å². The molecule has 1 aromatic carbocycles. The van der Waals surface area contributed by atoms with E-state index in [1.165, 1.54) is 17.8 Å². The molecule has 0 bridgehead atoms. The van der Waals surface area contributed by atoms with Crippen LogP contribution < -0.4 is 0 Å². The molecule has 2 rings (SSSR count). The van der Waals surface area contributed by atoms with Crippen LogP contribution in [0.3, 0.4) is 0 Å². The minimum Gasteiger partial charge on any atom is -0.392 e. The fourth-order valence-electron chi connectivity index (χ4n) is 2.01. The van der Waals surface area contributed by atoms with Gasteiger partial charge < -0.3 is 9.84 Å². The van der Waals surface area contributed by atoms with E-state index in [9.17, 15) is 13.2 Å². The molecule has 6 heteroatoms. The van der Waals surface area contributed by atoms with Crippen molar-refractivity contribution >= 4 is 11.8 Å². The molecule has 0 radical (unpaired) electrons. The highest BCUT2D eigenvalue weighted by atomic mass is 32.2. The van der Waals surface area contributed by atoms with Gasteiger partial charge in [-0.1, -0.05) is 6.07 Å². The first-order chi connectivity index (χ1) is 9.00. The Morgan fingerprint density at radius 2 is 2.16 bits per heavy atom. The molecule has 106 valence electrons. The van der Waals surface area contributed by atoms with Crippen molar-refractivity contribution in [2.24, 2.45) is 0 Å². The lowest BCUT2D eigenvalue weighted by atomic mass is 10.1. The Morgan fingerprint density at radius 3 is 2.74 bits per heavy atom. The van der Waals surface area contributed by atoms with Gasteiger partial charge in [0.05, 0.1) is 18.3 Å². The normalized spacial score (nSPS) is 19.9. The van der Waals surface area contributed by atoms with Gasteiger partial charge in [-0.25, -0.2) is 0 Å².